The van der Waals surface area contributed by atoms with Crippen molar-refractivity contribution in [1.29, 1.82) is 0 Å². The van der Waals surface area contributed by atoms with Crippen molar-refractivity contribution in [3.63, 3.8) is 0 Å². The number of hydrogen-bond acceptors (Lipinski definition) is 4. The third-order valence-corrected chi connectivity index (χ3v) is 3.04. The van der Waals surface area contributed by atoms with Crippen LogP contribution in [-0.4, -0.2) is 21.5 Å². The van der Waals surface area contributed by atoms with Crippen molar-refractivity contribution in [1.82, 2.24) is 9.97 Å². The maximum atomic E-state index is 5.54. The van der Waals surface area contributed by atoms with Crippen LogP contribution in [0.5, 0.6) is 0 Å². The van der Waals surface area contributed by atoms with E-state index in [1.165, 1.54) is 0 Å². The molecule has 0 aliphatic rings. The van der Waals surface area contributed by atoms with Crippen molar-refractivity contribution in [3.8, 4) is 0 Å². The highest BCUT2D eigenvalue weighted by atomic mass is 32.1. The molecule has 0 saturated carbocycles. The van der Waals surface area contributed by atoms with Crippen molar-refractivity contribution < 1.29 is 0 Å². The van der Waals surface area contributed by atoms with Crippen LogP contribution in [0.15, 0.2) is 42.7 Å². The highest BCUT2D eigenvalue weighted by molar-refractivity contribution is 7.80. The highest BCUT2D eigenvalue weighted by Gasteiger charge is 2.07. The molecule has 0 aliphatic heterocycles. The summed E-state index contributed by atoms with van der Waals surface area (Å²) in [5.74, 6) is 0. The van der Waals surface area contributed by atoms with Gasteiger partial charge >= 0.3 is 0 Å². The first kappa shape index (κ1) is 13.4. The molecule has 2 rings (SSSR count). The molecular weight excluding hydrogens is 256 g/mol. The van der Waals surface area contributed by atoms with Crippen molar-refractivity contribution >= 4 is 22.9 Å². The maximum absolute atomic E-state index is 5.54. The van der Waals surface area contributed by atoms with Crippen molar-refractivity contribution in [3.05, 3.63) is 54.1 Å². The van der Waals surface area contributed by atoms with E-state index in [4.69, 9.17) is 18.0 Å². The van der Waals surface area contributed by atoms with Crippen LogP contribution in [0, 0.1) is 0 Å². The number of pyridine rings is 2. The summed E-state index contributed by atoms with van der Waals surface area (Å²) in [7, 11) is 0. The molecule has 5 heteroatoms. The second-order valence-electron chi connectivity index (χ2n) is 4.10. The number of rotatable bonds is 5. The largest absolute Gasteiger partial charge is 0.388 e. The van der Waals surface area contributed by atoms with Crippen LogP contribution >= 0.6 is 12.2 Å². The van der Waals surface area contributed by atoms with Gasteiger partial charge in [-0.3, -0.25) is 9.97 Å². The van der Waals surface area contributed by atoms with E-state index in [2.05, 4.69) is 21.8 Å². The minimum absolute atomic E-state index is 0.319. The molecule has 2 N–H and O–H groups in total. The summed E-state index contributed by atoms with van der Waals surface area (Å²) < 4.78 is 0. The molecule has 0 aromatic carbocycles. The van der Waals surface area contributed by atoms with Gasteiger partial charge in [0.05, 0.1) is 29.8 Å². The highest BCUT2D eigenvalue weighted by Crippen LogP contribution is 2.15. The Morgan fingerprint density at radius 3 is 2.63 bits per heavy atom. The van der Waals surface area contributed by atoms with Crippen LogP contribution in [0.1, 0.15) is 18.3 Å². The molecule has 2 aromatic rings. The van der Waals surface area contributed by atoms with Gasteiger partial charge < -0.3 is 10.6 Å². The first-order valence-electron chi connectivity index (χ1n) is 6.11. The van der Waals surface area contributed by atoms with Crippen LogP contribution in [0.25, 0.3) is 0 Å². The summed E-state index contributed by atoms with van der Waals surface area (Å²) in [6.07, 6.45) is 3.60. The molecule has 0 saturated heterocycles. The Morgan fingerprint density at radius 2 is 2.11 bits per heavy atom. The van der Waals surface area contributed by atoms with E-state index in [9.17, 15) is 0 Å². The molecule has 98 valence electrons. The molecule has 0 amide bonds. The fourth-order valence-electron chi connectivity index (χ4n) is 1.79. The maximum Gasteiger partial charge on any atom is 0.122 e. The molecule has 2 heterocycles. The van der Waals surface area contributed by atoms with Gasteiger partial charge in [-0.05, 0) is 31.2 Å². The van der Waals surface area contributed by atoms with E-state index in [0.717, 1.165) is 24.5 Å². The molecule has 0 atom stereocenters. The molecule has 4 nitrogen and oxygen atoms in total. The SMILES string of the molecule is CCN(Cc1ccccn1)c1ccc(C(N)=S)nc1. The van der Waals surface area contributed by atoms with E-state index in [1.807, 2.05) is 30.3 Å². The standard InChI is InChI=1S/C14H16N4S/c1-2-18(10-11-5-3-4-8-16-11)12-6-7-13(14(15)19)17-9-12/h3-9H,2,10H2,1H3,(H2,15,19). The molecule has 0 bridgehead atoms. The lowest BCUT2D eigenvalue weighted by Gasteiger charge is -2.22. The van der Waals surface area contributed by atoms with Gasteiger partial charge in [-0.2, -0.15) is 0 Å². The number of aromatic nitrogens is 2. The Morgan fingerprint density at radius 1 is 1.26 bits per heavy atom. The van der Waals surface area contributed by atoms with E-state index < -0.39 is 0 Å². The number of thiocarbonyl (C=S) groups is 1. The summed E-state index contributed by atoms with van der Waals surface area (Å²) >= 11 is 4.90. The predicted octanol–water partition coefficient (Wildman–Crippen LogP) is 2.14. The molecule has 0 aliphatic carbocycles. The number of nitrogens with zero attached hydrogens (tertiary/aromatic N) is 3. The number of hydrogen-bond donors (Lipinski definition) is 1. The number of anilines is 1. The molecular formula is C14H16N4S. The zero-order valence-electron chi connectivity index (χ0n) is 10.8. The average Bonchev–Trinajstić information content (AvgIpc) is 2.46. The van der Waals surface area contributed by atoms with E-state index in [-0.39, 0.29) is 0 Å². The lowest BCUT2D eigenvalue weighted by molar-refractivity contribution is 0.807. The second-order valence-corrected chi connectivity index (χ2v) is 4.54. The lowest BCUT2D eigenvalue weighted by Crippen LogP contribution is -2.23. The summed E-state index contributed by atoms with van der Waals surface area (Å²) in [6, 6.07) is 9.74. The van der Waals surface area contributed by atoms with Crippen LogP contribution in [-0.2, 0) is 6.54 Å². The van der Waals surface area contributed by atoms with Gasteiger partial charge in [0, 0.05) is 12.7 Å². The fourth-order valence-corrected chi connectivity index (χ4v) is 1.91. The van der Waals surface area contributed by atoms with Gasteiger partial charge in [-0.15, -0.1) is 0 Å². The summed E-state index contributed by atoms with van der Waals surface area (Å²) in [6.45, 7) is 3.74. The average molecular weight is 272 g/mol. The fraction of sp³-hybridized carbons (Fsp3) is 0.214. The molecule has 0 spiro atoms. The lowest BCUT2D eigenvalue weighted by atomic mass is 10.2. The van der Waals surface area contributed by atoms with Gasteiger partial charge in [0.1, 0.15) is 4.99 Å². The zero-order chi connectivity index (χ0) is 13.7. The first-order valence-corrected chi connectivity index (χ1v) is 6.52. The van der Waals surface area contributed by atoms with Crippen molar-refractivity contribution in [2.75, 3.05) is 11.4 Å². The number of nitrogens with two attached hydrogens (primary N) is 1. The Labute approximate surface area is 118 Å². The van der Waals surface area contributed by atoms with Crippen LogP contribution in [0.4, 0.5) is 5.69 Å². The van der Waals surface area contributed by atoms with E-state index in [1.54, 1.807) is 12.4 Å². The molecule has 0 unspecified atom stereocenters. The third-order valence-electron chi connectivity index (χ3n) is 2.83. The summed E-state index contributed by atoms with van der Waals surface area (Å²) in [5, 5.41) is 0. The topological polar surface area (TPSA) is 55.0 Å². The van der Waals surface area contributed by atoms with E-state index >= 15 is 0 Å². The molecule has 19 heavy (non-hydrogen) atoms. The van der Waals surface area contributed by atoms with Crippen molar-refractivity contribution in [2.24, 2.45) is 5.73 Å². The molecule has 0 radical (unpaired) electrons. The minimum Gasteiger partial charge on any atom is -0.388 e. The summed E-state index contributed by atoms with van der Waals surface area (Å²) in [4.78, 5) is 11.1. The van der Waals surface area contributed by atoms with Crippen molar-refractivity contribution in [2.45, 2.75) is 13.5 Å². The Balaban J connectivity index is 2.15. The summed E-state index contributed by atoms with van der Waals surface area (Å²) in [5.41, 5.74) is 8.25. The second kappa shape index (κ2) is 6.24. The zero-order valence-corrected chi connectivity index (χ0v) is 11.6. The molecule has 0 fully saturated rings. The quantitative estimate of drug-likeness (QED) is 0.845. The van der Waals surface area contributed by atoms with Crippen LogP contribution < -0.4 is 10.6 Å². The Kier molecular flexibility index (Phi) is 4.41. The van der Waals surface area contributed by atoms with Crippen LogP contribution in [0.3, 0.4) is 0 Å². The Hall–Kier alpha value is -2.01. The third kappa shape index (κ3) is 3.48. The predicted molar refractivity (Wildman–Crippen MR) is 81.1 cm³/mol. The van der Waals surface area contributed by atoms with Gasteiger partial charge in [-0.25, -0.2) is 0 Å². The van der Waals surface area contributed by atoms with Gasteiger partial charge in [0.15, 0.2) is 0 Å². The Bertz CT molecular complexity index is 539. The van der Waals surface area contributed by atoms with E-state index in [0.29, 0.717) is 10.7 Å². The molecule has 2 aromatic heterocycles. The van der Waals surface area contributed by atoms with Gasteiger partial charge in [0.2, 0.25) is 0 Å². The first-order chi connectivity index (χ1) is 9.20. The monoisotopic (exact) mass is 272 g/mol. The van der Waals surface area contributed by atoms with Gasteiger partial charge in [0.25, 0.3) is 0 Å². The normalized spacial score (nSPS) is 10.2. The minimum atomic E-state index is 0.319. The van der Waals surface area contributed by atoms with Crippen LogP contribution in [0.2, 0.25) is 0 Å². The smallest absolute Gasteiger partial charge is 0.122 e. The van der Waals surface area contributed by atoms with Gasteiger partial charge in [-0.1, -0.05) is 18.3 Å².